The van der Waals surface area contributed by atoms with Crippen molar-refractivity contribution >= 4 is 11.7 Å². The number of pyridine rings is 1. The van der Waals surface area contributed by atoms with Gasteiger partial charge in [-0.1, -0.05) is 18.2 Å². The van der Waals surface area contributed by atoms with Gasteiger partial charge in [-0.25, -0.2) is 14.2 Å². The highest BCUT2D eigenvalue weighted by molar-refractivity contribution is 5.74. The third-order valence-corrected chi connectivity index (χ3v) is 3.87. The van der Waals surface area contributed by atoms with Crippen LogP contribution in [0.1, 0.15) is 18.2 Å². The van der Waals surface area contributed by atoms with Crippen molar-refractivity contribution < 1.29 is 9.18 Å². The number of halogens is 1. The first-order chi connectivity index (χ1) is 11.7. The Labute approximate surface area is 139 Å². The predicted molar refractivity (Wildman–Crippen MR) is 89.9 cm³/mol. The van der Waals surface area contributed by atoms with Crippen molar-refractivity contribution in [1.29, 1.82) is 0 Å². The minimum Gasteiger partial charge on any atom is -0.334 e. The minimum atomic E-state index is -0.284. The Balaban J connectivity index is 1.64. The first-order valence-electron chi connectivity index (χ1n) is 7.85. The maximum Gasteiger partial charge on any atom is 0.318 e. The number of fused-ring (bicyclic) bond motifs is 1. The molecule has 0 fully saturated rings. The van der Waals surface area contributed by atoms with Crippen LogP contribution in [-0.2, 0) is 13.1 Å². The van der Waals surface area contributed by atoms with E-state index in [9.17, 15) is 9.18 Å². The van der Waals surface area contributed by atoms with Crippen LogP contribution < -0.4 is 5.32 Å². The van der Waals surface area contributed by atoms with E-state index in [1.807, 2.05) is 35.7 Å². The number of rotatable bonds is 5. The van der Waals surface area contributed by atoms with Gasteiger partial charge < -0.3 is 14.6 Å². The van der Waals surface area contributed by atoms with Crippen LogP contribution in [0.3, 0.4) is 0 Å². The second-order valence-electron chi connectivity index (χ2n) is 5.48. The summed E-state index contributed by atoms with van der Waals surface area (Å²) in [4.78, 5) is 18.4. The summed E-state index contributed by atoms with van der Waals surface area (Å²) in [5.74, 6) is -0.284. The fourth-order valence-electron chi connectivity index (χ4n) is 2.52. The van der Waals surface area contributed by atoms with Crippen LogP contribution >= 0.6 is 0 Å². The number of carbonyl (C=O) groups excluding carboxylic acids is 1. The molecule has 2 amide bonds. The highest BCUT2D eigenvalue weighted by atomic mass is 19.1. The van der Waals surface area contributed by atoms with E-state index in [0.717, 1.165) is 16.9 Å². The third kappa shape index (κ3) is 3.53. The maximum absolute atomic E-state index is 12.9. The number of benzene rings is 1. The normalized spacial score (nSPS) is 10.8. The van der Waals surface area contributed by atoms with Crippen LogP contribution in [0, 0.1) is 5.82 Å². The average molecular weight is 326 g/mol. The molecule has 0 aliphatic rings. The molecule has 0 spiro atoms. The summed E-state index contributed by atoms with van der Waals surface area (Å²) in [6, 6.07) is 11.7. The zero-order chi connectivity index (χ0) is 16.9. The highest BCUT2D eigenvalue weighted by Crippen LogP contribution is 2.09. The van der Waals surface area contributed by atoms with Gasteiger partial charge in [-0.3, -0.25) is 0 Å². The van der Waals surface area contributed by atoms with Crippen LogP contribution in [0.5, 0.6) is 0 Å². The lowest BCUT2D eigenvalue weighted by Crippen LogP contribution is -2.39. The van der Waals surface area contributed by atoms with Gasteiger partial charge in [0.2, 0.25) is 0 Å². The molecule has 1 aromatic carbocycles. The van der Waals surface area contributed by atoms with Crippen LogP contribution in [0.2, 0.25) is 0 Å². The number of amides is 2. The van der Waals surface area contributed by atoms with Gasteiger partial charge in [0.1, 0.15) is 11.5 Å². The number of hydrogen-bond acceptors (Lipinski definition) is 2. The third-order valence-electron chi connectivity index (χ3n) is 3.87. The number of aromatic nitrogens is 2. The van der Waals surface area contributed by atoms with Crippen LogP contribution in [0.25, 0.3) is 5.65 Å². The van der Waals surface area contributed by atoms with E-state index in [-0.39, 0.29) is 11.8 Å². The first kappa shape index (κ1) is 16.0. The van der Waals surface area contributed by atoms with E-state index in [2.05, 4.69) is 10.3 Å². The molecule has 0 unspecified atom stereocenters. The summed E-state index contributed by atoms with van der Waals surface area (Å²) in [7, 11) is 0. The Hall–Kier alpha value is -2.89. The molecular weight excluding hydrogens is 307 g/mol. The lowest BCUT2D eigenvalue weighted by atomic mass is 10.2. The summed E-state index contributed by atoms with van der Waals surface area (Å²) in [5, 5.41) is 2.86. The molecule has 3 aromatic rings. The van der Waals surface area contributed by atoms with Crippen molar-refractivity contribution in [2.75, 3.05) is 6.54 Å². The molecule has 5 nitrogen and oxygen atoms in total. The quantitative estimate of drug-likeness (QED) is 0.783. The topological polar surface area (TPSA) is 49.6 Å². The van der Waals surface area contributed by atoms with Gasteiger partial charge in [-0.2, -0.15) is 0 Å². The van der Waals surface area contributed by atoms with Crippen LogP contribution in [-0.4, -0.2) is 26.9 Å². The molecule has 0 aliphatic carbocycles. The Morgan fingerprint density at radius 2 is 2.04 bits per heavy atom. The van der Waals surface area contributed by atoms with Gasteiger partial charge in [-0.15, -0.1) is 0 Å². The number of nitrogens with one attached hydrogen (secondary N) is 1. The predicted octanol–water partition coefficient (Wildman–Crippen LogP) is 3.21. The Morgan fingerprint density at radius 1 is 1.25 bits per heavy atom. The smallest absolute Gasteiger partial charge is 0.318 e. The fraction of sp³-hybridized carbons (Fsp3) is 0.222. The van der Waals surface area contributed by atoms with Crippen molar-refractivity contribution in [2.24, 2.45) is 0 Å². The van der Waals surface area contributed by atoms with E-state index in [1.54, 1.807) is 23.2 Å². The largest absolute Gasteiger partial charge is 0.334 e. The van der Waals surface area contributed by atoms with Gasteiger partial charge in [-0.05, 0) is 36.8 Å². The number of urea groups is 1. The molecular formula is C18H19FN4O. The van der Waals surface area contributed by atoms with Crippen molar-refractivity contribution in [1.82, 2.24) is 19.6 Å². The number of imidazole rings is 1. The average Bonchev–Trinajstić information content (AvgIpc) is 3.02. The molecule has 0 atom stereocenters. The van der Waals surface area contributed by atoms with Crippen molar-refractivity contribution in [3.63, 3.8) is 0 Å². The molecule has 0 saturated heterocycles. The summed E-state index contributed by atoms with van der Waals surface area (Å²) in [6.07, 6.45) is 3.72. The second kappa shape index (κ2) is 7.12. The lowest BCUT2D eigenvalue weighted by molar-refractivity contribution is 0.197. The molecule has 0 saturated carbocycles. The molecule has 0 bridgehead atoms. The zero-order valence-electron chi connectivity index (χ0n) is 13.4. The van der Waals surface area contributed by atoms with E-state index >= 15 is 0 Å². The number of hydrogen-bond donors (Lipinski definition) is 1. The molecule has 3 rings (SSSR count). The standard InChI is InChI=1S/C18H19FN4O/c1-2-22(13-16-12-20-17-5-3-4-10-23(16)17)18(24)21-11-14-6-8-15(19)9-7-14/h3-10,12H,2,11,13H2,1H3,(H,21,24). The van der Waals surface area contributed by atoms with Crippen molar-refractivity contribution in [3.05, 3.63) is 71.9 Å². The number of carbonyl (C=O) groups is 1. The molecule has 1 N–H and O–H groups in total. The lowest BCUT2D eigenvalue weighted by Gasteiger charge is -2.21. The molecule has 0 aliphatic heterocycles. The molecule has 2 aromatic heterocycles. The monoisotopic (exact) mass is 326 g/mol. The first-order valence-corrected chi connectivity index (χ1v) is 7.85. The Bertz CT molecular complexity index is 828. The molecule has 124 valence electrons. The summed E-state index contributed by atoms with van der Waals surface area (Å²) < 4.78 is 14.9. The summed E-state index contributed by atoms with van der Waals surface area (Å²) in [6.45, 7) is 3.34. The fourth-order valence-corrected chi connectivity index (χ4v) is 2.52. The SMILES string of the molecule is CCN(Cc1cnc2ccccn12)C(=O)NCc1ccc(F)cc1. The molecule has 24 heavy (non-hydrogen) atoms. The minimum absolute atomic E-state index is 0.160. The van der Waals surface area contributed by atoms with Crippen molar-refractivity contribution in [2.45, 2.75) is 20.0 Å². The summed E-state index contributed by atoms with van der Waals surface area (Å²) >= 11 is 0. The van der Waals surface area contributed by atoms with Crippen molar-refractivity contribution in [3.8, 4) is 0 Å². The molecule has 6 heteroatoms. The Kier molecular flexibility index (Phi) is 4.74. The van der Waals surface area contributed by atoms with Gasteiger partial charge in [0.05, 0.1) is 18.4 Å². The van der Waals surface area contributed by atoms with Gasteiger partial charge in [0.15, 0.2) is 0 Å². The van der Waals surface area contributed by atoms with Gasteiger partial charge in [0.25, 0.3) is 0 Å². The summed E-state index contributed by atoms with van der Waals surface area (Å²) in [5.41, 5.74) is 2.66. The molecule has 0 radical (unpaired) electrons. The van der Waals surface area contributed by atoms with Crippen LogP contribution in [0.4, 0.5) is 9.18 Å². The zero-order valence-corrected chi connectivity index (χ0v) is 13.4. The number of nitrogens with zero attached hydrogens (tertiary/aromatic N) is 3. The maximum atomic E-state index is 12.9. The van der Waals surface area contributed by atoms with Crippen LogP contribution in [0.15, 0.2) is 54.9 Å². The Morgan fingerprint density at radius 3 is 2.79 bits per heavy atom. The van der Waals surface area contributed by atoms with Gasteiger partial charge in [0, 0.05) is 19.3 Å². The van der Waals surface area contributed by atoms with E-state index in [1.165, 1.54) is 12.1 Å². The van der Waals surface area contributed by atoms with E-state index < -0.39 is 0 Å². The molecule has 2 heterocycles. The second-order valence-corrected chi connectivity index (χ2v) is 5.48. The van der Waals surface area contributed by atoms with Gasteiger partial charge >= 0.3 is 6.03 Å². The highest BCUT2D eigenvalue weighted by Gasteiger charge is 2.14. The van der Waals surface area contributed by atoms with E-state index in [4.69, 9.17) is 0 Å². The van der Waals surface area contributed by atoms with E-state index in [0.29, 0.717) is 19.6 Å².